The Hall–Kier alpha value is -3.08. The van der Waals surface area contributed by atoms with Crippen molar-refractivity contribution in [3.63, 3.8) is 0 Å². The van der Waals surface area contributed by atoms with Crippen LogP contribution in [-0.2, 0) is 11.3 Å². The molecule has 0 unspecified atom stereocenters. The summed E-state index contributed by atoms with van der Waals surface area (Å²) in [5.74, 6) is 1.51. The molecule has 126 valence electrons. The highest BCUT2D eigenvalue weighted by molar-refractivity contribution is 5.82. The number of fused-ring (bicyclic) bond motifs is 2. The van der Waals surface area contributed by atoms with E-state index >= 15 is 0 Å². The Morgan fingerprint density at radius 1 is 1.20 bits per heavy atom. The van der Waals surface area contributed by atoms with Gasteiger partial charge in [0.05, 0.1) is 17.1 Å². The van der Waals surface area contributed by atoms with Crippen LogP contribution < -0.4 is 5.32 Å². The van der Waals surface area contributed by atoms with Gasteiger partial charge >= 0.3 is 0 Å². The standard InChI is InChI=1S/C20H19N3O2/c1-13(19-11-15-7-3-6-10-18(15)25-19)21-20(24)12-23-14(2)22-16-8-4-5-9-17(16)23/h3-11,13H,12H2,1-2H3,(H,21,24)/t13-/m1/s1. The molecule has 1 amide bonds. The number of amides is 1. The van der Waals surface area contributed by atoms with Gasteiger partial charge in [0.1, 0.15) is 23.7 Å². The molecule has 0 fully saturated rings. The Morgan fingerprint density at radius 3 is 2.80 bits per heavy atom. The smallest absolute Gasteiger partial charge is 0.240 e. The zero-order chi connectivity index (χ0) is 17.4. The number of nitrogens with one attached hydrogen (secondary N) is 1. The fourth-order valence-corrected chi connectivity index (χ4v) is 3.11. The van der Waals surface area contributed by atoms with Gasteiger partial charge in [-0.1, -0.05) is 30.3 Å². The van der Waals surface area contributed by atoms with Gasteiger partial charge in [0.15, 0.2) is 0 Å². The number of para-hydroxylation sites is 3. The molecule has 0 spiro atoms. The van der Waals surface area contributed by atoms with Crippen LogP contribution in [-0.4, -0.2) is 15.5 Å². The third-order valence-corrected chi connectivity index (χ3v) is 4.40. The van der Waals surface area contributed by atoms with Gasteiger partial charge in [0.25, 0.3) is 0 Å². The van der Waals surface area contributed by atoms with Crippen LogP contribution in [0.2, 0.25) is 0 Å². The van der Waals surface area contributed by atoms with Gasteiger partial charge in [-0.15, -0.1) is 0 Å². The molecule has 0 bridgehead atoms. The van der Waals surface area contributed by atoms with E-state index < -0.39 is 0 Å². The Balaban J connectivity index is 1.52. The Morgan fingerprint density at radius 2 is 1.96 bits per heavy atom. The molecule has 0 radical (unpaired) electrons. The van der Waals surface area contributed by atoms with Crippen molar-refractivity contribution in [2.45, 2.75) is 26.4 Å². The molecule has 4 rings (SSSR count). The van der Waals surface area contributed by atoms with Gasteiger partial charge in [-0.2, -0.15) is 0 Å². The van der Waals surface area contributed by atoms with Crippen LogP contribution in [0.15, 0.2) is 59.0 Å². The zero-order valence-corrected chi connectivity index (χ0v) is 14.2. The van der Waals surface area contributed by atoms with Crippen molar-refractivity contribution < 1.29 is 9.21 Å². The quantitative estimate of drug-likeness (QED) is 0.615. The summed E-state index contributed by atoms with van der Waals surface area (Å²) in [4.78, 5) is 17.0. The average Bonchev–Trinajstić information content (AvgIpc) is 3.16. The third-order valence-electron chi connectivity index (χ3n) is 4.40. The number of nitrogens with zero attached hydrogens (tertiary/aromatic N) is 2. The number of carbonyl (C=O) groups is 1. The van der Waals surface area contributed by atoms with Gasteiger partial charge in [-0.25, -0.2) is 4.98 Å². The van der Waals surface area contributed by atoms with Crippen molar-refractivity contribution in [2.75, 3.05) is 0 Å². The minimum atomic E-state index is -0.199. The largest absolute Gasteiger partial charge is 0.459 e. The molecule has 5 nitrogen and oxygen atoms in total. The maximum atomic E-state index is 12.5. The molecule has 0 saturated heterocycles. The SMILES string of the molecule is Cc1nc2ccccc2n1CC(=O)N[C@H](C)c1cc2ccccc2o1. The number of hydrogen-bond acceptors (Lipinski definition) is 3. The summed E-state index contributed by atoms with van der Waals surface area (Å²) in [5.41, 5.74) is 2.69. The first-order valence-electron chi connectivity index (χ1n) is 8.31. The van der Waals surface area contributed by atoms with Crippen molar-refractivity contribution in [2.24, 2.45) is 0 Å². The molecule has 5 heteroatoms. The first kappa shape index (κ1) is 15.4. The molecule has 1 atom stereocenters. The summed E-state index contributed by atoms with van der Waals surface area (Å²) in [5, 5.41) is 4.04. The number of aromatic nitrogens is 2. The topological polar surface area (TPSA) is 60.1 Å². The number of carbonyl (C=O) groups excluding carboxylic acids is 1. The normalized spacial score (nSPS) is 12.6. The molecule has 0 aliphatic rings. The van der Waals surface area contributed by atoms with Crippen LogP contribution in [0.1, 0.15) is 24.6 Å². The van der Waals surface area contributed by atoms with Crippen LogP contribution in [0.25, 0.3) is 22.0 Å². The van der Waals surface area contributed by atoms with E-state index in [0.29, 0.717) is 0 Å². The molecule has 0 aliphatic heterocycles. The van der Waals surface area contributed by atoms with Crippen molar-refractivity contribution in [1.29, 1.82) is 0 Å². The zero-order valence-electron chi connectivity index (χ0n) is 14.2. The van der Waals surface area contributed by atoms with Gasteiger partial charge in [0, 0.05) is 5.39 Å². The van der Waals surface area contributed by atoms with Crippen LogP contribution in [0.3, 0.4) is 0 Å². The molecule has 4 aromatic rings. The van der Waals surface area contributed by atoms with Crippen molar-refractivity contribution >= 4 is 27.9 Å². The van der Waals surface area contributed by atoms with Crippen LogP contribution >= 0.6 is 0 Å². The highest BCUT2D eigenvalue weighted by atomic mass is 16.3. The second-order valence-corrected chi connectivity index (χ2v) is 6.21. The fraction of sp³-hybridized carbons (Fsp3) is 0.200. The van der Waals surface area contributed by atoms with Crippen LogP contribution in [0.5, 0.6) is 0 Å². The van der Waals surface area contributed by atoms with E-state index in [4.69, 9.17) is 4.42 Å². The highest BCUT2D eigenvalue weighted by Gasteiger charge is 2.16. The lowest BCUT2D eigenvalue weighted by atomic mass is 10.2. The Labute approximate surface area is 145 Å². The molecule has 2 aromatic heterocycles. The molecule has 2 heterocycles. The number of hydrogen-bond donors (Lipinski definition) is 1. The van der Waals surface area contributed by atoms with E-state index in [1.54, 1.807) is 0 Å². The number of imidazole rings is 1. The second kappa shape index (κ2) is 6.09. The summed E-state index contributed by atoms with van der Waals surface area (Å²) in [6, 6.07) is 17.4. The van der Waals surface area contributed by atoms with Gasteiger partial charge in [0.2, 0.25) is 5.91 Å². The first-order chi connectivity index (χ1) is 12.1. The van der Waals surface area contributed by atoms with E-state index in [9.17, 15) is 4.79 Å². The molecule has 1 N–H and O–H groups in total. The first-order valence-corrected chi connectivity index (χ1v) is 8.31. The third kappa shape index (κ3) is 2.89. The molecule has 0 saturated carbocycles. The summed E-state index contributed by atoms with van der Waals surface area (Å²) < 4.78 is 7.75. The van der Waals surface area contributed by atoms with E-state index in [-0.39, 0.29) is 18.5 Å². The molecule has 0 aliphatic carbocycles. The van der Waals surface area contributed by atoms with Gasteiger partial charge in [-0.3, -0.25) is 4.79 Å². The molecule has 25 heavy (non-hydrogen) atoms. The lowest BCUT2D eigenvalue weighted by Gasteiger charge is -2.13. The average molecular weight is 333 g/mol. The number of rotatable bonds is 4. The summed E-state index contributed by atoms with van der Waals surface area (Å²) in [6.07, 6.45) is 0. The summed E-state index contributed by atoms with van der Waals surface area (Å²) in [7, 11) is 0. The molecular formula is C20H19N3O2. The summed E-state index contributed by atoms with van der Waals surface area (Å²) >= 11 is 0. The van der Waals surface area contributed by atoms with E-state index in [0.717, 1.165) is 33.6 Å². The molecular weight excluding hydrogens is 314 g/mol. The highest BCUT2D eigenvalue weighted by Crippen LogP contribution is 2.23. The Kier molecular flexibility index (Phi) is 3.76. The number of benzene rings is 2. The minimum Gasteiger partial charge on any atom is -0.459 e. The maximum Gasteiger partial charge on any atom is 0.240 e. The van der Waals surface area contributed by atoms with Crippen molar-refractivity contribution in [3.8, 4) is 0 Å². The van der Waals surface area contributed by atoms with Crippen LogP contribution in [0.4, 0.5) is 0 Å². The minimum absolute atomic E-state index is 0.0702. The lowest BCUT2D eigenvalue weighted by Crippen LogP contribution is -2.30. The molecule has 2 aromatic carbocycles. The van der Waals surface area contributed by atoms with E-state index in [2.05, 4.69) is 10.3 Å². The predicted molar refractivity (Wildman–Crippen MR) is 97.2 cm³/mol. The maximum absolute atomic E-state index is 12.5. The van der Waals surface area contributed by atoms with E-state index in [1.807, 2.05) is 73.0 Å². The number of furan rings is 1. The number of aryl methyl sites for hydroxylation is 1. The van der Waals surface area contributed by atoms with E-state index in [1.165, 1.54) is 0 Å². The fourth-order valence-electron chi connectivity index (χ4n) is 3.11. The van der Waals surface area contributed by atoms with Crippen molar-refractivity contribution in [3.05, 3.63) is 66.2 Å². The van der Waals surface area contributed by atoms with Crippen LogP contribution in [0, 0.1) is 6.92 Å². The summed E-state index contributed by atoms with van der Waals surface area (Å²) in [6.45, 7) is 4.07. The second-order valence-electron chi connectivity index (χ2n) is 6.21. The predicted octanol–water partition coefficient (Wildman–Crippen LogP) is 3.97. The monoisotopic (exact) mass is 333 g/mol. The Bertz CT molecular complexity index is 1030. The van der Waals surface area contributed by atoms with Crippen molar-refractivity contribution in [1.82, 2.24) is 14.9 Å². The van der Waals surface area contributed by atoms with Gasteiger partial charge < -0.3 is 14.3 Å². The van der Waals surface area contributed by atoms with Gasteiger partial charge in [-0.05, 0) is 38.1 Å². The lowest BCUT2D eigenvalue weighted by molar-refractivity contribution is -0.122.